The highest BCUT2D eigenvalue weighted by Crippen LogP contribution is 2.25. The highest BCUT2D eigenvalue weighted by Gasteiger charge is 2.22. The van der Waals surface area contributed by atoms with Gasteiger partial charge in [0.1, 0.15) is 9.09 Å². The van der Waals surface area contributed by atoms with Crippen LogP contribution in [0.15, 0.2) is 10.3 Å². The van der Waals surface area contributed by atoms with Crippen molar-refractivity contribution >= 4 is 37.2 Å². The van der Waals surface area contributed by atoms with E-state index in [2.05, 4.69) is 4.72 Å². The largest absolute Gasteiger partial charge is 0.477 e. The van der Waals surface area contributed by atoms with Crippen LogP contribution in [-0.2, 0) is 19.9 Å². The number of nitrogens with one attached hydrogen (secondary N) is 1. The van der Waals surface area contributed by atoms with Crippen molar-refractivity contribution in [1.29, 1.82) is 0 Å². The van der Waals surface area contributed by atoms with Crippen molar-refractivity contribution < 1.29 is 26.7 Å². The summed E-state index contributed by atoms with van der Waals surface area (Å²) in [6, 6.07) is 1.25. The summed E-state index contributed by atoms with van der Waals surface area (Å²) >= 11 is 0.639. The Kier molecular flexibility index (Phi) is 5.30. The minimum Gasteiger partial charge on any atom is -0.477 e. The Morgan fingerprint density at radius 2 is 1.95 bits per heavy atom. The first-order valence-electron chi connectivity index (χ1n) is 5.63. The van der Waals surface area contributed by atoms with Crippen LogP contribution < -0.4 is 4.72 Å². The molecular weight excluding hydrogens is 326 g/mol. The van der Waals surface area contributed by atoms with E-state index in [9.17, 15) is 21.6 Å². The van der Waals surface area contributed by atoms with Crippen LogP contribution in [0.2, 0.25) is 0 Å². The van der Waals surface area contributed by atoms with Crippen molar-refractivity contribution in [3.05, 3.63) is 16.5 Å². The fourth-order valence-electron chi connectivity index (χ4n) is 1.34. The van der Waals surface area contributed by atoms with Crippen molar-refractivity contribution in [2.75, 3.05) is 18.1 Å². The average molecular weight is 341 g/mol. The summed E-state index contributed by atoms with van der Waals surface area (Å²) in [5.41, 5.74) is 0.351. The molecule has 0 bridgehead atoms. The van der Waals surface area contributed by atoms with Crippen LogP contribution in [0.25, 0.3) is 0 Å². The zero-order valence-electron chi connectivity index (χ0n) is 10.9. The molecule has 1 heterocycles. The summed E-state index contributed by atoms with van der Waals surface area (Å²) in [5, 5.41) is 8.88. The van der Waals surface area contributed by atoms with E-state index < -0.39 is 25.8 Å². The lowest BCUT2D eigenvalue weighted by atomic mass is 10.3. The number of aryl methyl sites for hydroxylation is 1. The fraction of sp³-hybridized carbons (Fsp3) is 0.500. The van der Waals surface area contributed by atoms with Gasteiger partial charge in [-0.1, -0.05) is 6.92 Å². The summed E-state index contributed by atoms with van der Waals surface area (Å²) in [5.74, 6) is -1.54. The molecule has 1 rings (SSSR count). The van der Waals surface area contributed by atoms with Crippen LogP contribution in [0.4, 0.5) is 0 Å². The molecule has 0 amide bonds. The molecule has 2 N–H and O–H groups in total. The second kappa shape index (κ2) is 6.20. The van der Waals surface area contributed by atoms with Gasteiger partial charge in [-0.25, -0.2) is 26.4 Å². The molecule has 0 fully saturated rings. The third-order valence-corrected chi connectivity index (χ3v) is 7.36. The first kappa shape index (κ1) is 17.1. The molecule has 0 aliphatic heterocycles. The van der Waals surface area contributed by atoms with E-state index in [-0.39, 0.29) is 27.1 Å². The van der Waals surface area contributed by atoms with Crippen LogP contribution in [-0.4, -0.2) is 46.0 Å². The molecule has 0 aromatic carbocycles. The van der Waals surface area contributed by atoms with E-state index in [4.69, 9.17) is 5.11 Å². The van der Waals surface area contributed by atoms with Gasteiger partial charge in [-0.3, -0.25) is 0 Å². The molecule has 20 heavy (non-hydrogen) atoms. The number of sulfonamides is 1. The highest BCUT2D eigenvalue weighted by atomic mass is 32.2. The van der Waals surface area contributed by atoms with E-state index in [0.29, 0.717) is 16.9 Å². The number of aromatic carboxylic acids is 1. The van der Waals surface area contributed by atoms with E-state index in [0.717, 1.165) is 0 Å². The highest BCUT2D eigenvalue weighted by molar-refractivity contribution is 7.92. The lowest BCUT2D eigenvalue weighted by Crippen LogP contribution is -2.29. The minimum absolute atomic E-state index is 0.0495. The fourth-order valence-corrected chi connectivity index (χ4v) is 4.63. The maximum absolute atomic E-state index is 11.9. The summed E-state index contributed by atoms with van der Waals surface area (Å²) in [4.78, 5) is 10.8. The van der Waals surface area contributed by atoms with Crippen LogP contribution in [0.1, 0.15) is 22.2 Å². The topological polar surface area (TPSA) is 118 Å². The average Bonchev–Trinajstić information content (AvgIpc) is 2.71. The number of carboxylic acid groups (broad SMARTS) is 1. The number of thiophene rings is 1. The van der Waals surface area contributed by atoms with Gasteiger partial charge in [-0.15, -0.1) is 11.3 Å². The summed E-state index contributed by atoms with van der Waals surface area (Å²) in [6.45, 7) is 2.74. The molecule has 1 aromatic heterocycles. The van der Waals surface area contributed by atoms with Gasteiger partial charge in [0.15, 0.2) is 9.84 Å². The number of sulfone groups is 1. The van der Waals surface area contributed by atoms with E-state index in [1.54, 1.807) is 0 Å². The minimum atomic E-state index is -3.89. The first-order chi connectivity index (χ1) is 9.09. The third kappa shape index (κ3) is 4.27. The monoisotopic (exact) mass is 341 g/mol. The summed E-state index contributed by atoms with van der Waals surface area (Å²) in [7, 11) is -7.14. The Morgan fingerprint density at radius 1 is 1.35 bits per heavy atom. The van der Waals surface area contributed by atoms with E-state index in [1.165, 1.54) is 19.9 Å². The van der Waals surface area contributed by atoms with Gasteiger partial charge in [0.2, 0.25) is 10.0 Å². The molecule has 0 spiro atoms. The molecule has 1 aromatic rings. The molecule has 10 heteroatoms. The third-order valence-electron chi connectivity index (χ3n) is 2.50. The number of carboxylic acids is 1. The van der Waals surface area contributed by atoms with Crippen molar-refractivity contribution in [1.82, 2.24) is 4.72 Å². The quantitative estimate of drug-likeness (QED) is 0.744. The molecule has 7 nitrogen and oxygen atoms in total. The lowest BCUT2D eigenvalue weighted by molar-refractivity contribution is 0.0701. The van der Waals surface area contributed by atoms with Gasteiger partial charge in [0.05, 0.1) is 5.75 Å². The SMILES string of the molecule is CCS(=O)(=O)CCNS(=O)(=O)c1cc(C)c(C(=O)O)s1. The second-order valence-electron chi connectivity index (χ2n) is 4.02. The maximum atomic E-state index is 11.9. The zero-order chi connectivity index (χ0) is 15.6. The molecule has 0 atom stereocenters. The standard InChI is InChI=1S/C10H15NO6S3/c1-3-19(14,15)5-4-11-20(16,17)8-6-7(2)9(18-8)10(12)13/h6,11H,3-5H2,1-2H3,(H,12,13). The van der Waals surface area contributed by atoms with Gasteiger partial charge in [0.25, 0.3) is 0 Å². The van der Waals surface area contributed by atoms with Gasteiger partial charge in [-0.2, -0.15) is 0 Å². The van der Waals surface area contributed by atoms with Crippen molar-refractivity contribution in [2.45, 2.75) is 18.1 Å². The number of hydrogen-bond acceptors (Lipinski definition) is 6. The van der Waals surface area contributed by atoms with Crippen molar-refractivity contribution in [2.24, 2.45) is 0 Å². The zero-order valence-corrected chi connectivity index (χ0v) is 13.4. The van der Waals surface area contributed by atoms with Crippen molar-refractivity contribution in [3.8, 4) is 0 Å². The molecule has 0 saturated heterocycles. The first-order valence-corrected chi connectivity index (χ1v) is 9.75. The van der Waals surface area contributed by atoms with Gasteiger partial charge in [0, 0.05) is 12.3 Å². The summed E-state index contributed by atoms with van der Waals surface area (Å²) in [6.07, 6.45) is 0. The van der Waals surface area contributed by atoms with Crippen LogP contribution in [0.5, 0.6) is 0 Å². The van der Waals surface area contributed by atoms with Crippen LogP contribution in [0, 0.1) is 6.92 Å². The molecular formula is C10H15NO6S3. The van der Waals surface area contributed by atoms with Gasteiger partial charge in [-0.05, 0) is 18.6 Å². The maximum Gasteiger partial charge on any atom is 0.346 e. The molecule has 0 unspecified atom stereocenters. The Bertz CT molecular complexity index is 701. The smallest absolute Gasteiger partial charge is 0.346 e. The molecule has 0 aliphatic carbocycles. The molecule has 0 aliphatic rings. The predicted molar refractivity (Wildman–Crippen MR) is 75.5 cm³/mol. The Balaban J connectivity index is 2.85. The Hall–Kier alpha value is -0.970. The van der Waals surface area contributed by atoms with Gasteiger partial charge >= 0.3 is 5.97 Å². The normalized spacial score (nSPS) is 12.5. The van der Waals surface area contributed by atoms with Crippen molar-refractivity contribution in [3.63, 3.8) is 0 Å². The molecule has 0 radical (unpaired) electrons. The predicted octanol–water partition coefficient (Wildman–Crippen LogP) is 0.468. The van der Waals surface area contributed by atoms with Crippen LogP contribution in [0.3, 0.4) is 0 Å². The number of hydrogen-bond donors (Lipinski definition) is 2. The lowest BCUT2D eigenvalue weighted by Gasteiger charge is -2.04. The van der Waals surface area contributed by atoms with Gasteiger partial charge < -0.3 is 5.11 Å². The second-order valence-corrected chi connectivity index (χ2v) is 9.54. The summed E-state index contributed by atoms with van der Waals surface area (Å²) < 4.78 is 48.3. The number of carbonyl (C=O) groups is 1. The van der Waals surface area contributed by atoms with E-state index in [1.807, 2.05) is 0 Å². The van der Waals surface area contributed by atoms with E-state index >= 15 is 0 Å². The Labute approximate surface area is 121 Å². The molecule has 114 valence electrons. The number of rotatable bonds is 7. The van der Waals surface area contributed by atoms with Crippen LogP contribution >= 0.6 is 11.3 Å². The Morgan fingerprint density at radius 3 is 2.40 bits per heavy atom. The molecule has 0 saturated carbocycles.